The van der Waals surface area contributed by atoms with Crippen molar-refractivity contribution in [1.29, 1.82) is 0 Å². The van der Waals surface area contributed by atoms with E-state index >= 15 is 0 Å². The molecule has 2 heterocycles. The Morgan fingerprint density at radius 1 is 1.24 bits per heavy atom. The Hall–Kier alpha value is -1.94. The van der Waals surface area contributed by atoms with E-state index in [1.54, 1.807) is 6.26 Å². The maximum Gasteiger partial charge on any atom is 0.165 e. The van der Waals surface area contributed by atoms with Crippen LogP contribution in [-0.2, 0) is 13.0 Å². The highest BCUT2D eigenvalue weighted by Gasteiger charge is 2.32. The molecule has 0 saturated heterocycles. The lowest BCUT2D eigenvalue weighted by Gasteiger charge is -2.18. The van der Waals surface area contributed by atoms with Gasteiger partial charge in [-0.15, -0.1) is 0 Å². The maximum absolute atomic E-state index is 5.98. The SMILES string of the molecule is CC1(C)Cc2cccc(OCCNCc3ccco3)c2O1. The van der Waals surface area contributed by atoms with Crippen molar-refractivity contribution < 1.29 is 13.9 Å². The van der Waals surface area contributed by atoms with Crippen molar-refractivity contribution >= 4 is 0 Å². The van der Waals surface area contributed by atoms with Crippen LogP contribution in [0.15, 0.2) is 41.0 Å². The summed E-state index contributed by atoms with van der Waals surface area (Å²) in [6.45, 7) is 6.27. The van der Waals surface area contributed by atoms with Crippen molar-refractivity contribution in [1.82, 2.24) is 5.32 Å². The summed E-state index contributed by atoms with van der Waals surface area (Å²) in [4.78, 5) is 0. The predicted molar refractivity (Wildman–Crippen MR) is 80.8 cm³/mol. The number of hydrogen-bond donors (Lipinski definition) is 1. The Kier molecular flexibility index (Phi) is 3.88. The van der Waals surface area contributed by atoms with Gasteiger partial charge in [-0.3, -0.25) is 0 Å². The number of benzene rings is 1. The summed E-state index contributed by atoms with van der Waals surface area (Å²) in [6, 6.07) is 9.93. The Labute approximate surface area is 125 Å². The molecule has 0 bridgehead atoms. The van der Waals surface area contributed by atoms with Crippen LogP contribution in [0.3, 0.4) is 0 Å². The zero-order chi connectivity index (χ0) is 14.7. The Morgan fingerprint density at radius 3 is 2.95 bits per heavy atom. The van der Waals surface area contributed by atoms with Gasteiger partial charge in [0.05, 0.1) is 12.8 Å². The Bertz CT molecular complexity index is 590. The number of fused-ring (bicyclic) bond motifs is 1. The van der Waals surface area contributed by atoms with Crippen LogP contribution >= 0.6 is 0 Å². The zero-order valence-electron chi connectivity index (χ0n) is 12.5. The number of para-hydroxylation sites is 1. The first-order chi connectivity index (χ1) is 10.1. The topological polar surface area (TPSA) is 43.6 Å². The lowest BCUT2D eigenvalue weighted by molar-refractivity contribution is 0.132. The molecule has 4 nitrogen and oxygen atoms in total. The number of ether oxygens (including phenoxy) is 2. The number of nitrogens with one attached hydrogen (secondary N) is 1. The van der Waals surface area contributed by atoms with Gasteiger partial charge >= 0.3 is 0 Å². The second-order valence-electron chi connectivity index (χ2n) is 5.89. The summed E-state index contributed by atoms with van der Waals surface area (Å²) in [7, 11) is 0. The molecular weight excluding hydrogens is 266 g/mol. The first-order valence-corrected chi connectivity index (χ1v) is 7.31. The van der Waals surface area contributed by atoms with Crippen LogP contribution in [0.4, 0.5) is 0 Å². The van der Waals surface area contributed by atoms with E-state index in [0.717, 1.165) is 30.2 Å². The summed E-state index contributed by atoms with van der Waals surface area (Å²) in [5, 5.41) is 3.28. The molecule has 0 fully saturated rings. The smallest absolute Gasteiger partial charge is 0.165 e. The first-order valence-electron chi connectivity index (χ1n) is 7.31. The fourth-order valence-electron chi connectivity index (χ4n) is 2.56. The first kappa shape index (κ1) is 14.0. The minimum atomic E-state index is -0.140. The van der Waals surface area contributed by atoms with Gasteiger partial charge in [0.1, 0.15) is 18.0 Å². The normalized spacial score (nSPS) is 15.5. The van der Waals surface area contributed by atoms with E-state index in [-0.39, 0.29) is 5.60 Å². The summed E-state index contributed by atoms with van der Waals surface area (Å²) >= 11 is 0. The van der Waals surface area contributed by atoms with Crippen LogP contribution in [0, 0.1) is 0 Å². The van der Waals surface area contributed by atoms with Crippen LogP contribution in [0.2, 0.25) is 0 Å². The summed E-state index contributed by atoms with van der Waals surface area (Å²) < 4.78 is 17.1. The average molecular weight is 287 g/mol. The van der Waals surface area contributed by atoms with Gasteiger partial charge in [0.15, 0.2) is 11.5 Å². The summed E-state index contributed by atoms with van der Waals surface area (Å²) in [6.07, 6.45) is 2.61. The minimum Gasteiger partial charge on any atom is -0.488 e. The molecule has 21 heavy (non-hydrogen) atoms. The number of rotatable bonds is 6. The van der Waals surface area contributed by atoms with Crippen molar-refractivity contribution in [2.24, 2.45) is 0 Å². The van der Waals surface area contributed by atoms with Gasteiger partial charge in [0.2, 0.25) is 0 Å². The maximum atomic E-state index is 5.98. The highest BCUT2D eigenvalue weighted by Crippen LogP contribution is 2.41. The van der Waals surface area contributed by atoms with Gasteiger partial charge in [-0.2, -0.15) is 0 Å². The molecule has 0 atom stereocenters. The molecule has 4 heteroatoms. The van der Waals surface area contributed by atoms with E-state index in [0.29, 0.717) is 13.2 Å². The van der Waals surface area contributed by atoms with Crippen LogP contribution in [0.1, 0.15) is 25.2 Å². The van der Waals surface area contributed by atoms with Crippen molar-refractivity contribution in [3.05, 3.63) is 47.9 Å². The van der Waals surface area contributed by atoms with Gasteiger partial charge in [-0.1, -0.05) is 12.1 Å². The highest BCUT2D eigenvalue weighted by atomic mass is 16.5. The molecule has 0 saturated carbocycles. The summed E-state index contributed by atoms with van der Waals surface area (Å²) in [5.74, 6) is 2.66. The third-order valence-corrected chi connectivity index (χ3v) is 3.47. The predicted octanol–water partition coefficient (Wildman–Crippen LogP) is 3.16. The molecule has 112 valence electrons. The molecule has 3 rings (SSSR count). The molecule has 0 spiro atoms. The third kappa shape index (κ3) is 3.39. The lowest BCUT2D eigenvalue weighted by atomic mass is 10.0. The summed E-state index contributed by atoms with van der Waals surface area (Å²) in [5.41, 5.74) is 1.08. The van der Waals surface area contributed by atoms with E-state index in [1.807, 2.05) is 24.3 Å². The van der Waals surface area contributed by atoms with E-state index in [4.69, 9.17) is 13.9 Å². The molecule has 1 aromatic carbocycles. The zero-order valence-corrected chi connectivity index (χ0v) is 12.5. The Morgan fingerprint density at radius 2 is 2.14 bits per heavy atom. The lowest BCUT2D eigenvalue weighted by Crippen LogP contribution is -2.25. The second kappa shape index (κ2) is 5.82. The average Bonchev–Trinajstić information content (AvgIpc) is 3.04. The van der Waals surface area contributed by atoms with Crippen molar-refractivity contribution in [3.8, 4) is 11.5 Å². The largest absolute Gasteiger partial charge is 0.488 e. The molecule has 0 radical (unpaired) electrons. The molecule has 1 aliphatic heterocycles. The molecule has 0 amide bonds. The van der Waals surface area contributed by atoms with Crippen LogP contribution < -0.4 is 14.8 Å². The van der Waals surface area contributed by atoms with E-state index in [2.05, 4.69) is 25.2 Å². The Balaban J connectivity index is 1.49. The van der Waals surface area contributed by atoms with Crippen molar-refractivity contribution in [2.75, 3.05) is 13.2 Å². The van der Waals surface area contributed by atoms with E-state index < -0.39 is 0 Å². The fraction of sp³-hybridized carbons (Fsp3) is 0.412. The molecule has 1 aromatic heterocycles. The van der Waals surface area contributed by atoms with Crippen LogP contribution in [-0.4, -0.2) is 18.8 Å². The van der Waals surface area contributed by atoms with Gasteiger partial charge in [0, 0.05) is 18.5 Å². The van der Waals surface area contributed by atoms with Crippen molar-refractivity contribution in [3.63, 3.8) is 0 Å². The van der Waals surface area contributed by atoms with Gasteiger partial charge in [0.25, 0.3) is 0 Å². The quantitative estimate of drug-likeness (QED) is 0.829. The molecule has 0 unspecified atom stereocenters. The van der Waals surface area contributed by atoms with E-state index in [9.17, 15) is 0 Å². The van der Waals surface area contributed by atoms with Gasteiger partial charge in [-0.25, -0.2) is 0 Å². The molecular formula is C17H21NO3. The van der Waals surface area contributed by atoms with Crippen molar-refractivity contribution in [2.45, 2.75) is 32.4 Å². The van der Waals surface area contributed by atoms with Gasteiger partial charge in [-0.05, 0) is 32.0 Å². The van der Waals surface area contributed by atoms with Crippen LogP contribution in [0.25, 0.3) is 0 Å². The molecule has 0 aliphatic carbocycles. The number of furan rings is 1. The highest BCUT2D eigenvalue weighted by molar-refractivity contribution is 5.50. The second-order valence-corrected chi connectivity index (χ2v) is 5.89. The van der Waals surface area contributed by atoms with Gasteiger partial charge < -0.3 is 19.2 Å². The third-order valence-electron chi connectivity index (χ3n) is 3.47. The minimum absolute atomic E-state index is 0.140. The molecule has 2 aromatic rings. The standard InChI is InChI=1S/C17H21NO3/c1-17(2)11-13-5-3-7-15(16(13)21-17)20-10-8-18-12-14-6-4-9-19-14/h3-7,9,18H,8,10-12H2,1-2H3. The fourth-order valence-corrected chi connectivity index (χ4v) is 2.56. The molecule has 1 N–H and O–H groups in total. The monoisotopic (exact) mass is 287 g/mol. The van der Waals surface area contributed by atoms with Crippen LogP contribution in [0.5, 0.6) is 11.5 Å². The van der Waals surface area contributed by atoms with E-state index in [1.165, 1.54) is 5.56 Å². The molecule has 1 aliphatic rings. The number of hydrogen-bond acceptors (Lipinski definition) is 4.